The molecule has 0 fully saturated rings. The molecule has 0 nitrogen and oxygen atoms in total. The smallest absolute Gasteiger partial charge is 0.100 e. The van der Waals surface area contributed by atoms with Crippen LogP contribution in [0, 0.1) is 0 Å². The lowest BCUT2D eigenvalue weighted by atomic mass is 10.0. The molecule has 0 bridgehead atoms. The molecule has 2 atom stereocenters. The molecule has 24 heavy (non-hydrogen) atoms. The third kappa shape index (κ3) is 18.2. The maximum atomic E-state index is 13.7. The lowest BCUT2D eigenvalue weighted by Gasteiger charge is -2.09. The second-order valence-electron chi connectivity index (χ2n) is 7.59. The summed E-state index contributed by atoms with van der Waals surface area (Å²) in [6.45, 7) is 4.41. The number of hydrogen-bond acceptors (Lipinski definition) is 0. The van der Waals surface area contributed by atoms with E-state index in [1.54, 1.807) is 0 Å². The van der Waals surface area contributed by atoms with Gasteiger partial charge in [-0.1, -0.05) is 104 Å². The van der Waals surface area contributed by atoms with Crippen molar-refractivity contribution in [3.05, 3.63) is 0 Å². The van der Waals surface area contributed by atoms with E-state index >= 15 is 0 Å². The maximum absolute atomic E-state index is 13.7. The third-order valence-electron chi connectivity index (χ3n) is 5.03. The quantitative estimate of drug-likeness (QED) is 0.205. The van der Waals surface area contributed by atoms with E-state index in [1.165, 1.54) is 51.4 Å². The van der Waals surface area contributed by atoms with E-state index in [9.17, 15) is 8.78 Å². The lowest BCUT2D eigenvalue weighted by molar-refractivity contribution is 0.269. The molecule has 0 aliphatic carbocycles. The predicted octanol–water partition coefficient (Wildman–Crippen LogP) is 8.72. The zero-order valence-corrected chi connectivity index (χ0v) is 16.6. The Hall–Kier alpha value is -0.140. The second-order valence-corrected chi connectivity index (χ2v) is 7.59. The Kier molecular flexibility index (Phi) is 19.1. The molecule has 0 radical (unpaired) electrons. The summed E-state index contributed by atoms with van der Waals surface area (Å²) in [6, 6.07) is 0. The first-order valence-corrected chi connectivity index (χ1v) is 11.0. The maximum Gasteiger partial charge on any atom is 0.100 e. The monoisotopic (exact) mass is 346 g/mol. The van der Waals surface area contributed by atoms with Crippen molar-refractivity contribution in [2.75, 3.05) is 0 Å². The lowest BCUT2D eigenvalue weighted by Crippen LogP contribution is -2.01. The van der Waals surface area contributed by atoms with Crippen molar-refractivity contribution in [3.8, 4) is 0 Å². The first-order valence-electron chi connectivity index (χ1n) is 11.0. The van der Waals surface area contributed by atoms with Gasteiger partial charge in [0, 0.05) is 0 Å². The number of unbranched alkanes of at least 4 members (excludes halogenated alkanes) is 11. The minimum Gasteiger partial charge on any atom is -0.247 e. The molecule has 0 aromatic heterocycles. The summed E-state index contributed by atoms with van der Waals surface area (Å²) in [7, 11) is 0. The van der Waals surface area contributed by atoms with Gasteiger partial charge in [0.2, 0.25) is 0 Å². The van der Waals surface area contributed by atoms with Gasteiger partial charge in [0.15, 0.2) is 0 Å². The van der Waals surface area contributed by atoms with Crippen molar-refractivity contribution in [2.24, 2.45) is 0 Å². The highest BCUT2D eigenvalue weighted by molar-refractivity contribution is 4.60. The fraction of sp³-hybridized carbons (Fsp3) is 1.00. The van der Waals surface area contributed by atoms with Crippen molar-refractivity contribution in [2.45, 2.75) is 142 Å². The molecular weight excluding hydrogens is 302 g/mol. The van der Waals surface area contributed by atoms with E-state index in [-0.39, 0.29) is 0 Å². The standard InChI is InChI=1S/C22H44F2/c1-3-5-7-9-13-17-21(23)19-15-11-12-16-20-22(24)18-14-10-8-6-4-2/h21-22H,3-20H2,1-2H3. The summed E-state index contributed by atoms with van der Waals surface area (Å²) in [5.74, 6) is 0. The van der Waals surface area contributed by atoms with Gasteiger partial charge in [0.1, 0.15) is 12.3 Å². The molecule has 0 amide bonds. The first-order chi connectivity index (χ1) is 11.7. The highest BCUT2D eigenvalue weighted by Crippen LogP contribution is 2.18. The molecule has 146 valence electrons. The van der Waals surface area contributed by atoms with Crippen molar-refractivity contribution < 1.29 is 8.78 Å². The van der Waals surface area contributed by atoms with E-state index in [0.29, 0.717) is 12.8 Å². The van der Waals surface area contributed by atoms with Crippen LogP contribution in [0.25, 0.3) is 0 Å². The average Bonchev–Trinajstić information content (AvgIpc) is 2.57. The molecule has 0 N–H and O–H groups in total. The van der Waals surface area contributed by atoms with Crippen LogP contribution in [0.15, 0.2) is 0 Å². The van der Waals surface area contributed by atoms with Gasteiger partial charge in [-0.3, -0.25) is 0 Å². The van der Waals surface area contributed by atoms with E-state index in [2.05, 4.69) is 13.8 Å². The van der Waals surface area contributed by atoms with Gasteiger partial charge >= 0.3 is 0 Å². The molecule has 2 unspecified atom stereocenters. The Morgan fingerprint density at radius 2 is 0.667 bits per heavy atom. The largest absolute Gasteiger partial charge is 0.247 e. The SMILES string of the molecule is CCCCCCCC(F)CCCCCCC(F)CCCCCCC. The Morgan fingerprint density at radius 1 is 0.417 bits per heavy atom. The topological polar surface area (TPSA) is 0 Å². The third-order valence-corrected chi connectivity index (χ3v) is 5.03. The molecular formula is C22H44F2. The van der Waals surface area contributed by atoms with Crippen LogP contribution in [-0.4, -0.2) is 12.3 Å². The van der Waals surface area contributed by atoms with Crippen LogP contribution >= 0.6 is 0 Å². The van der Waals surface area contributed by atoms with Crippen LogP contribution in [0.5, 0.6) is 0 Å². The predicted molar refractivity (Wildman–Crippen MR) is 104 cm³/mol. The summed E-state index contributed by atoms with van der Waals surface area (Å²) in [6.07, 6.45) is 17.8. The van der Waals surface area contributed by atoms with Gasteiger partial charge in [-0.15, -0.1) is 0 Å². The fourth-order valence-electron chi connectivity index (χ4n) is 3.31. The van der Waals surface area contributed by atoms with Crippen LogP contribution < -0.4 is 0 Å². The molecule has 0 aliphatic heterocycles. The van der Waals surface area contributed by atoms with Crippen molar-refractivity contribution in [1.82, 2.24) is 0 Å². The Bertz CT molecular complexity index is 206. The van der Waals surface area contributed by atoms with E-state index in [4.69, 9.17) is 0 Å². The molecule has 0 spiro atoms. The van der Waals surface area contributed by atoms with Crippen LogP contribution in [0.4, 0.5) is 8.78 Å². The fourth-order valence-corrected chi connectivity index (χ4v) is 3.31. The summed E-state index contributed by atoms with van der Waals surface area (Å²) >= 11 is 0. The van der Waals surface area contributed by atoms with Crippen LogP contribution in [-0.2, 0) is 0 Å². The average molecular weight is 347 g/mol. The summed E-state index contributed by atoms with van der Waals surface area (Å²) < 4.78 is 27.4. The number of halogens is 2. The van der Waals surface area contributed by atoms with Crippen LogP contribution in [0.3, 0.4) is 0 Å². The normalized spacial score (nSPS) is 14.0. The van der Waals surface area contributed by atoms with Crippen LogP contribution in [0.1, 0.15) is 129 Å². The van der Waals surface area contributed by atoms with Gasteiger partial charge in [-0.25, -0.2) is 8.78 Å². The van der Waals surface area contributed by atoms with E-state index in [0.717, 1.165) is 51.4 Å². The van der Waals surface area contributed by atoms with Gasteiger partial charge in [0.05, 0.1) is 0 Å². The minimum atomic E-state index is -0.608. The highest BCUT2D eigenvalue weighted by atomic mass is 19.1. The summed E-state index contributed by atoms with van der Waals surface area (Å²) in [5, 5.41) is 0. The second kappa shape index (κ2) is 19.2. The van der Waals surface area contributed by atoms with Crippen molar-refractivity contribution in [1.29, 1.82) is 0 Å². The van der Waals surface area contributed by atoms with Gasteiger partial charge in [0.25, 0.3) is 0 Å². The molecule has 0 rings (SSSR count). The number of rotatable bonds is 19. The van der Waals surface area contributed by atoms with Crippen molar-refractivity contribution >= 4 is 0 Å². The van der Waals surface area contributed by atoms with Gasteiger partial charge in [-0.05, 0) is 25.7 Å². The summed E-state index contributed by atoms with van der Waals surface area (Å²) in [4.78, 5) is 0. The van der Waals surface area contributed by atoms with E-state index < -0.39 is 12.3 Å². The molecule has 0 heterocycles. The number of hydrogen-bond donors (Lipinski definition) is 0. The van der Waals surface area contributed by atoms with Crippen molar-refractivity contribution in [3.63, 3.8) is 0 Å². The number of alkyl halides is 2. The molecule has 0 aromatic carbocycles. The Balaban J connectivity index is 3.25. The molecule has 0 saturated heterocycles. The van der Waals surface area contributed by atoms with Gasteiger partial charge in [-0.2, -0.15) is 0 Å². The minimum absolute atomic E-state index is 0.608. The summed E-state index contributed by atoms with van der Waals surface area (Å²) in [5.41, 5.74) is 0. The molecule has 0 aromatic rings. The Labute approximate surface area is 151 Å². The Morgan fingerprint density at radius 3 is 0.917 bits per heavy atom. The first kappa shape index (κ1) is 23.9. The zero-order valence-electron chi connectivity index (χ0n) is 16.6. The van der Waals surface area contributed by atoms with Crippen LogP contribution in [0.2, 0.25) is 0 Å². The van der Waals surface area contributed by atoms with E-state index in [1.807, 2.05) is 0 Å². The molecule has 0 saturated carbocycles. The zero-order chi connectivity index (χ0) is 17.9. The molecule has 0 aliphatic rings. The highest BCUT2D eigenvalue weighted by Gasteiger charge is 2.07. The van der Waals surface area contributed by atoms with Gasteiger partial charge < -0.3 is 0 Å². The molecule has 2 heteroatoms.